The quantitative estimate of drug-likeness (QED) is 0.699. The van der Waals surface area contributed by atoms with Crippen LogP contribution in [-0.2, 0) is 6.42 Å². The largest absolute Gasteiger partial charge is 0.199 e. The topological polar surface area (TPSA) is 49.4 Å². The van der Waals surface area contributed by atoms with E-state index in [-0.39, 0.29) is 0 Å². The van der Waals surface area contributed by atoms with E-state index in [0.29, 0.717) is 0 Å². The standard InChI is InChI=1S/C10H12N4/c1-2-10(11-13-14-12-10)8-9-6-4-3-5-7-9/h3-7H,2,8H2,1H3. The molecule has 1 aromatic carbocycles. The van der Waals surface area contributed by atoms with Crippen molar-refractivity contribution in [2.45, 2.75) is 25.4 Å². The lowest BCUT2D eigenvalue weighted by atomic mass is 9.99. The molecule has 4 heteroatoms. The first-order valence-corrected chi connectivity index (χ1v) is 4.73. The fraction of sp³-hybridized carbons (Fsp3) is 0.400. The van der Waals surface area contributed by atoms with E-state index in [1.165, 1.54) is 5.56 Å². The summed E-state index contributed by atoms with van der Waals surface area (Å²) >= 11 is 0. The van der Waals surface area contributed by atoms with E-state index in [0.717, 1.165) is 12.8 Å². The van der Waals surface area contributed by atoms with Crippen LogP contribution >= 0.6 is 0 Å². The first kappa shape index (κ1) is 8.99. The Balaban J connectivity index is 2.17. The van der Waals surface area contributed by atoms with Gasteiger partial charge in [-0.05, 0) is 22.4 Å². The molecule has 0 aliphatic carbocycles. The Morgan fingerprint density at radius 2 is 1.71 bits per heavy atom. The number of hydrogen-bond donors (Lipinski definition) is 0. The van der Waals surface area contributed by atoms with Gasteiger partial charge < -0.3 is 0 Å². The SMILES string of the molecule is CCC1(Cc2ccccc2)N=NN=N1. The second kappa shape index (κ2) is 3.65. The fourth-order valence-electron chi connectivity index (χ4n) is 1.49. The van der Waals surface area contributed by atoms with E-state index >= 15 is 0 Å². The highest BCUT2D eigenvalue weighted by molar-refractivity contribution is 5.17. The van der Waals surface area contributed by atoms with Crippen LogP contribution < -0.4 is 0 Å². The molecule has 1 aliphatic heterocycles. The summed E-state index contributed by atoms with van der Waals surface area (Å²) in [7, 11) is 0. The van der Waals surface area contributed by atoms with Crippen molar-refractivity contribution in [2.24, 2.45) is 20.7 Å². The second-order valence-corrected chi connectivity index (χ2v) is 3.38. The third kappa shape index (κ3) is 1.69. The summed E-state index contributed by atoms with van der Waals surface area (Å²) < 4.78 is 0. The summed E-state index contributed by atoms with van der Waals surface area (Å²) in [5.41, 5.74) is 0.774. The molecule has 0 N–H and O–H groups in total. The number of benzene rings is 1. The van der Waals surface area contributed by atoms with Crippen LogP contribution in [-0.4, -0.2) is 5.66 Å². The molecule has 0 bridgehead atoms. The van der Waals surface area contributed by atoms with Crippen LogP contribution in [0.5, 0.6) is 0 Å². The van der Waals surface area contributed by atoms with Crippen LogP contribution in [0.2, 0.25) is 0 Å². The average Bonchev–Trinajstić information content (AvgIpc) is 2.69. The van der Waals surface area contributed by atoms with E-state index in [4.69, 9.17) is 0 Å². The summed E-state index contributed by atoms with van der Waals surface area (Å²) in [5, 5.41) is 15.3. The van der Waals surface area contributed by atoms with Gasteiger partial charge in [-0.1, -0.05) is 37.3 Å². The van der Waals surface area contributed by atoms with Gasteiger partial charge in [-0.15, -0.1) is 10.2 Å². The lowest BCUT2D eigenvalue weighted by molar-refractivity contribution is 0.424. The van der Waals surface area contributed by atoms with Gasteiger partial charge in [0, 0.05) is 6.42 Å². The van der Waals surface area contributed by atoms with E-state index < -0.39 is 5.66 Å². The summed E-state index contributed by atoms with van der Waals surface area (Å²) in [5.74, 6) is 0. The maximum Gasteiger partial charge on any atom is 0.199 e. The molecule has 0 unspecified atom stereocenters. The predicted molar refractivity (Wildman–Crippen MR) is 52.9 cm³/mol. The Morgan fingerprint density at radius 1 is 1.07 bits per heavy atom. The third-order valence-corrected chi connectivity index (χ3v) is 2.40. The second-order valence-electron chi connectivity index (χ2n) is 3.38. The summed E-state index contributed by atoms with van der Waals surface area (Å²) in [6.45, 7) is 2.05. The molecule has 0 aromatic heterocycles. The van der Waals surface area contributed by atoms with E-state index in [1.807, 2.05) is 25.1 Å². The normalized spacial score (nSPS) is 17.5. The fourth-order valence-corrected chi connectivity index (χ4v) is 1.49. The molecule has 0 fully saturated rings. The van der Waals surface area contributed by atoms with Gasteiger partial charge in [0.05, 0.1) is 0 Å². The lowest BCUT2D eigenvalue weighted by Gasteiger charge is -2.16. The molecule has 14 heavy (non-hydrogen) atoms. The van der Waals surface area contributed by atoms with Gasteiger partial charge in [-0.3, -0.25) is 0 Å². The average molecular weight is 188 g/mol. The molecular formula is C10H12N4. The highest BCUT2D eigenvalue weighted by Gasteiger charge is 2.30. The molecular weight excluding hydrogens is 176 g/mol. The monoisotopic (exact) mass is 188 g/mol. The molecule has 72 valence electrons. The molecule has 4 nitrogen and oxygen atoms in total. The van der Waals surface area contributed by atoms with Crippen molar-refractivity contribution in [1.29, 1.82) is 0 Å². The zero-order valence-electron chi connectivity index (χ0n) is 8.09. The lowest BCUT2D eigenvalue weighted by Crippen LogP contribution is -2.23. The van der Waals surface area contributed by atoms with Crippen molar-refractivity contribution in [3.63, 3.8) is 0 Å². The van der Waals surface area contributed by atoms with Gasteiger partial charge in [-0.2, -0.15) is 0 Å². The van der Waals surface area contributed by atoms with Gasteiger partial charge in [-0.25, -0.2) is 0 Å². The van der Waals surface area contributed by atoms with E-state index in [9.17, 15) is 0 Å². The van der Waals surface area contributed by atoms with Crippen molar-refractivity contribution in [1.82, 2.24) is 0 Å². The van der Waals surface area contributed by atoms with Crippen LogP contribution in [0, 0.1) is 0 Å². The van der Waals surface area contributed by atoms with Crippen molar-refractivity contribution in [3.8, 4) is 0 Å². The van der Waals surface area contributed by atoms with Gasteiger partial charge in [0.25, 0.3) is 0 Å². The van der Waals surface area contributed by atoms with Crippen molar-refractivity contribution < 1.29 is 0 Å². The minimum Gasteiger partial charge on any atom is -0.134 e. The molecule has 0 atom stereocenters. The molecule has 0 saturated carbocycles. The minimum atomic E-state index is -0.443. The first-order chi connectivity index (χ1) is 6.85. The Bertz CT molecular complexity index is 344. The molecule has 0 amide bonds. The van der Waals surface area contributed by atoms with Crippen LogP contribution in [0.4, 0.5) is 0 Å². The van der Waals surface area contributed by atoms with Crippen LogP contribution in [0.1, 0.15) is 18.9 Å². The predicted octanol–water partition coefficient (Wildman–Crippen LogP) is 3.17. The number of nitrogens with zero attached hydrogens (tertiary/aromatic N) is 4. The van der Waals surface area contributed by atoms with Crippen molar-refractivity contribution in [2.75, 3.05) is 0 Å². The highest BCUT2D eigenvalue weighted by Crippen LogP contribution is 2.28. The minimum absolute atomic E-state index is 0.443. The Morgan fingerprint density at radius 3 is 2.29 bits per heavy atom. The molecule has 1 heterocycles. The summed E-state index contributed by atoms with van der Waals surface area (Å²) in [6, 6.07) is 10.2. The molecule has 0 spiro atoms. The molecule has 0 saturated heterocycles. The van der Waals surface area contributed by atoms with Crippen LogP contribution in [0.15, 0.2) is 51.0 Å². The maximum absolute atomic E-state index is 4.07. The molecule has 1 aromatic rings. The molecule has 1 aliphatic rings. The Kier molecular flexibility index (Phi) is 2.35. The van der Waals surface area contributed by atoms with Crippen molar-refractivity contribution in [3.05, 3.63) is 35.9 Å². The number of hydrogen-bond acceptors (Lipinski definition) is 4. The van der Waals surface area contributed by atoms with Crippen LogP contribution in [0.3, 0.4) is 0 Å². The van der Waals surface area contributed by atoms with Gasteiger partial charge in [0.1, 0.15) is 0 Å². The van der Waals surface area contributed by atoms with Gasteiger partial charge in [0.2, 0.25) is 0 Å². The Labute approximate surface area is 82.7 Å². The van der Waals surface area contributed by atoms with Crippen molar-refractivity contribution >= 4 is 0 Å². The molecule has 2 rings (SSSR count). The molecule has 0 radical (unpaired) electrons. The number of rotatable bonds is 3. The van der Waals surface area contributed by atoms with Gasteiger partial charge >= 0.3 is 0 Å². The van der Waals surface area contributed by atoms with Gasteiger partial charge in [0.15, 0.2) is 5.66 Å². The maximum atomic E-state index is 4.07. The first-order valence-electron chi connectivity index (χ1n) is 4.73. The van der Waals surface area contributed by atoms with Crippen LogP contribution in [0.25, 0.3) is 0 Å². The smallest absolute Gasteiger partial charge is 0.134 e. The highest BCUT2D eigenvalue weighted by atomic mass is 15.6. The Hall–Kier alpha value is -1.58. The summed E-state index contributed by atoms with van der Waals surface area (Å²) in [4.78, 5) is 0. The van der Waals surface area contributed by atoms with E-state index in [1.54, 1.807) is 0 Å². The third-order valence-electron chi connectivity index (χ3n) is 2.40. The van der Waals surface area contributed by atoms with E-state index in [2.05, 4.69) is 32.8 Å². The summed E-state index contributed by atoms with van der Waals surface area (Å²) in [6.07, 6.45) is 1.60. The zero-order valence-corrected chi connectivity index (χ0v) is 8.09. The zero-order chi connectivity index (χ0) is 9.86.